The van der Waals surface area contributed by atoms with Gasteiger partial charge in [0.05, 0.1) is 20.3 Å². The zero-order valence-corrected chi connectivity index (χ0v) is 10.8. The van der Waals surface area contributed by atoms with Crippen molar-refractivity contribution in [3.05, 3.63) is 23.8 Å². The molecule has 2 rings (SSSR count). The molecule has 1 unspecified atom stereocenters. The molecular formula is C14H18N2O2. The second-order valence-corrected chi connectivity index (χ2v) is 4.59. The van der Waals surface area contributed by atoms with Crippen LogP contribution in [0.3, 0.4) is 0 Å². The molecule has 1 aliphatic heterocycles. The molecule has 0 spiro atoms. The van der Waals surface area contributed by atoms with Gasteiger partial charge in [0.15, 0.2) is 11.5 Å². The third-order valence-corrected chi connectivity index (χ3v) is 3.41. The molecular weight excluding hydrogens is 228 g/mol. The molecule has 0 bridgehead atoms. The van der Waals surface area contributed by atoms with Crippen LogP contribution in [0.4, 0.5) is 0 Å². The number of ether oxygens (including phenoxy) is 2. The first-order chi connectivity index (χ1) is 8.73. The smallest absolute Gasteiger partial charge is 0.160 e. The molecule has 1 aromatic carbocycles. The first kappa shape index (κ1) is 12.7. The van der Waals surface area contributed by atoms with Gasteiger partial charge in [-0.3, -0.25) is 5.32 Å². The number of hydrogen-bond acceptors (Lipinski definition) is 4. The molecule has 4 heteroatoms. The van der Waals surface area contributed by atoms with E-state index in [0.717, 1.165) is 24.9 Å². The maximum absolute atomic E-state index is 9.34. The Morgan fingerprint density at radius 3 is 2.67 bits per heavy atom. The molecule has 1 atom stereocenters. The van der Waals surface area contributed by atoms with Crippen LogP contribution in [0.1, 0.15) is 18.4 Å². The summed E-state index contributed by atoms with van der Waals surface area (Å²) in [6.07, 6.45) is 2.66. The molecule has 0 amide bonds. The lowest BCUT2D eigenvalue weighted by Gasteiger charge is -2.21. The molecule has 0 radical (unpaired) electrons. The molecule has 1 saturated heterocycles. The minimum Gasteiger partial charge on any atom is -0.493 e. The maximum Gasteiger partial charge on any atom is 0.160 e. The lowest BCUT2D eigenvalue weighted by atomic mass is 9.91. The van der Waals surface area contributed by atoms with Gasteiger partial charge in [-0.2, -0.15) is 5.26 Å². The van der Waals surface area contributed by atoms with Crippen LogP contribution < -0.4 is 14.8 Å². The van der Waals surface area contributed by atoms with E-state index in [1.54, 1.807) is 14.2 Å². The number of rotatable bonds is 4. The molecule has 4 nitrogen and oxygen atoms in total. The van der Waals surface area contributed by atoms with Crippen LogP contribution >= 0.6 is 0 Å². The Bertz CT molecular complexity index is 459. The van der Waals surface area contributed by atoms with Crippen molar-refractivity contribution in [1.82, 2.24) is 5.32 Å². The predicted molar refractivity (Wildman–Crippen MR) is 68.8 cm³/mol. The Balaban J connectivity index is 2.22. The number of methoxy groups -OCH3 is 2. The van der Waals surface area contributed by atoms with Gasteiger partial charge in [-0.15, -0.1) is 0 Å². The first-order valence-corrected chi connectivity index (χ1v) is 6.10. The van der Waals surface area contributed by atoms with Gasteiger partial charge in [-0.25, -0.2) is 0 Å². The van der Waals surface area contributed by atoms with E-state index in [1.807, 2.05) is 18.2 Å². The summed E-state index contributed by atoms with van der Waals surface area (Å²) in [5.74, 6) is 1.42. The number of nitrogens with zero attached hydrogens (tertiary/aromatic N) is 1. The van der Waals surface area contributed by atoms with Crippen LogP contribution in [-0.4, -0.2) is 26.3 Å². The number of benzene rings is 1. The highest BCUT2D eigenvalue weighted by Crippen LogP contribution is 2.30. The van der Waals surface area contributed by atoms with Gasteiger partial charge in [0.1, 0.15) is 5.54 Å². The topological polar surface area (TPSA) is 54.3 Å². The van der Waals surface area contributed by atoms with Crippen LogP contribution in [0.5, 0.6) is 11.5 Å². The number of nitrogens with one attached hydrogen (secondary N) is 1. The van der Waals surface area contributed by atoms with Crippen LogP contribution in [0.15, 0.2) is 18.2 Å². The highest BCUT2D eigenvalue weighted by Gasteiger charge is 2.33. The summed E-state index contributed by atoms with van der Waals surface area (Å²) >= 11 is 0. The Kier molecular flexibility index (Phi) is 3.73. The normalized spacial score (nSPS) is 22.5. The highest BCUT2D eigenvalue weighted by atomic mass is 16.5. The summed E-state index contributed by atoms with van der Waals surface area (Å²) in [7, 11) is 3.24. The Labute approximate surface area is 108 Å². The fourth-order valence-electron chi connectivity index (χ4n) is 2.43. The Morgan fingerprint density at radius 1 is 1.33 bits per heavy atom. The molecule has 0 aliphatic carbocycles. The zero-order valence-electron chi connectivity index (χ0n) is 10.8. The van der Waals surface area contributed by atoms with Crippen molar-refractivity contribution >= 4 is 0 Å². The quantitative estimate of drug-likeness (QED) is 0.881. The van der Waals surface area contributed by atoms with Crippen molar-refractivity contribution in [2.75, 3.05) is 20.8 Å². The number of nitriles is 1. The largest absolute Gasteiger partial charge is 0.493 e. The molecule has 18 heavy (non-hydrogen) atoms. The maximum atomic E-state index is 9.34. The van der Waals surface area contributed by atoms with Crippen molar-refractivity contribution in [3.63, 3.8) is 0 Å². The average molecular weight is 246 g/mol. The Morgan fingerprint density at radius 2 is 2.11 bits per heavy atom. The second kappa shape index (κ2) is 5.28. The van der Waals surface area contributed by atoms with E-state index in [-0.39, 0.29) is 0 Å². The van der Waals surface area contributed by atoms with E-state index in [2.05, 4.69) is 11.4 Å². The standard InChI is InChI=1S/C14H18N2O2/c1-17-12-5-4-11(8-13(12)18-2)9-14(10-15)6-3-7-16-14/h4-5,8,16H,3,6-7,9H2,1-2H3. The Hall–Kier alpha value is -1.73. The van der Waals surface area contributed by atoms with Crippen molar-refractivity contribution < 1.29 is 9.47 Å². The van der Waals surface area contributed by atoms with Crippen LogP contribution in [0.2, 0.25) is 0 Å². The SMILES string of the molecule is COc1ccc(CC2(C#N)CCCN2)cc1OC. The van der Waals surface area contributed by atoms with Gasteiger partial charge in [-0.05, 0) is 37.1 Å². The molecule has 0 aromatic heterocycles. The van der Waals surface area contributed by atoms with Gasteiger partial charge < -0.3 is 9.47 Å². The van der Waals surface area contributed by atoms with Crippen molar-refractivity contribution in [1.29, 1.82) is 5.26 Å². The van der Waals surface area contributed by atoms with E-state index < -0.39 is 5.54 Å². The summed E-state index contributed by atoms with van der Waals surface area (Å²) in [6, 6.07) is 8.22. The highest BCUT2D eigenvalue weighted by molar-refractivity contribution is 5.43. The van der Waals surface area contributed by atoms with E-state index in [9.17, 15) is 5.26 Å². The minimum absolute atomic E-state index is 0.417. The molecule has 1 N–H and O–H groups in total. The van der Waals surface area contributed by atoms with Gasteiger partial charge in [-0.1, -0.05) is 6.07 Å². The molecule has 1 aliphatic rings. The fourth-order valence-corrected chi connectivity index (χ4v) is 2.43. The minimum atomic E-state index is -0.417. The zero-order chi connectivity index (χ0) is 13.0. The second-order valence-electron chi connectivity index (χ2n) is 4.59. The molecule has 96 valence electrons. The summed E-state index contributed by atoms with van der Waals surface area (Å²) in [6.45, 7) is 0.918. The first-order valence-electron chi connectivity index (χ1n) is 6.10. The van der Waals surface area contributed by atoms with E-state index >= 15 is 0 Å². The molecule has 0 saturated carbocycles. The molecule has 1 heterocycles. The van der Waals surface area contributed by atoms with E-state index in [0.29, 0.717) is 17.9 Å². The van der Waals surface area contributed by atoms with Gasteiger partial charge in [0, 0.05) is 6.42 Å². The monoisotopic (exact) mass is 246 g/mol. The van der Waals surface area contributed by atoms with Crippen LogP contribution in [0.25, 0.3) is 0 Å². The van der Waals surface area contributed by atoms with E-state index in [1.165, 1.54) is 0 Å². The van der Waals surface area contributed by atoms with E-state index in [4.69, 9.17) is 9.47 Å². The van der Waals surface area contributed by atoms with Crippen molar-refractivity contribution in [2.45, 2.75) is 24.8 Å². The van der Waals surface area contributed by atoms with Gasteiger partial charge >= 0.3 is 0 Å². The van der Waals surface area contributed by atoms with Crippen LogP contribution in [-0.2, 0) is 6.42 Å². The van der Waals surface area contributed by atoms with Crippen molar-refractivity contribution in [2.24, 2.45) is 0 Å². The molecule has 1 aromatic rings. The third kappa shape index (κ3) is 2.41. The average Bonchev–Trinajstić information content (AvgIpc) is 2.87. The lowest BCUT2D eigenvalue weighted by Crippen LogP contribution is -2.40. The summed E-state index contributed by atoms with van der Waals surface area (Å²) in [5.41, 5.74) is 0.670. The lowest BCUT2D eigenvalue weighted by molar-refractivity contribution is 0.354. The third-order valence-electron chi connectivity index (χ3n) is 3.41. The molecule has 1 fully saturated rings. The predicted octanol–water partition coefficient (Wildman–Crippen LogP) is 1.89. The fraction of sp³-hybridized carbons (Fsp3) is 0.500. The van der Waals surface area contributed by atoms with Gasteiger partial charge in [0.25, 0.3) is 0 Å². The van der Waals surface area contributed by atoms with Crippen LogP contribution in [0, 0.1) is 11.3 Å². The van der Waals surface area contributed by atoms with Crippen molar-refractivity contribution in [3.8, 4) is 17.6 Å². The summed E-state index contributed by atoms with van der Waals surface area (Å²) in [5, 5.41) is 12.6. The summed E-state index contributed by atoms with van der Waals surface area (Å²) < 4.78 is 10.5. The number of hydrogen-bond donors (Lipinski definition) is 1. The summed E-state index contributed by atoms with van der Waals surface area (Å²) in [4.78, 5) is 0. The van der Waals surface area contributed by atoms with Gasteiger partial charge in [0.2, 0.25) is 0 Å².